The summed E-state index contributed by atoms with van der Waals surface area (Å²) in [7, 11) is 0. The molecule has 3 heterocycles. The monoisotopic (exact) mass is 662 g/mol. The normalized spacial score (nSPS) is 12.8. The van der Waals surface area contributed by atoms with E-state index in [2.05, 4.69) is 187 Å². The second kappa shape index (κ2) is 12.2. The van der Waals surface area contributed by atoms with Crippen molar-refractivity contribution in [2.45, 2.75) is 26.2 Å². The summed E-state index contributed by atoms with van der Waals surface area (Å²) in [6.07, 6.45) is 1.92. The Morgan fingerprint density at radius 3 is 1.90 bits per heavy atom. The van der Waals surface area contributed by atoms with E-state index in [-0.39, 0.29) is 5.41 Å². The standard InChI is InChI=1S/C46H38N4O/c1-46(2,3)34-25-26-47-45(28-34)50-41-23-21-33(32-13-6-4-7-14-32)27-39(41)40-30-38(22-24-42(40)50)51-37-18-12-17-36(29-37)49-31-48(35-15-8-5-9-16-35)43-19-10-11-20-44(43)49/h4-30H,31H2,1-3H3. The van der Waals surface area contributed by atoms with E-state index in [4.69, 9.17) is 9.72 Å². The second-order valence-corrected chi connectivity index (χ2v) is 14.2. The van der Waals surface area contributed by atoms with Gasteiger partial charge in [0, 0.05) is 34.4 Å². The minimum atomic E-state index is 0.00343. The van der Waals surface area contributed by atoms with E-state index >= 15 is 0 Å². The number of rotatable bonds is 6. The fourth-order valence-corrected chi connectivity index (χ4v) is 7.24. The van der Waals surface area contributed by atoms with Crippen molar-refractivity contribution in [3.8, 4) is 28.4 Å². The number of fused-ring (bicyclic) bond motifs is 4. The van der Waals surface area contributed by atoms with Crippen LogP contribution in [0.1, 0.15) is 26.3 Å². The molecule has 0 saturated heterocycles. The summed E-state index contributed by atoms with van der Waals surface area (Å²) >= 11 is 0. The van der Waals surface area contributed by atoms with Gasteiger partial charge in [-0.3, -0.25) is 4.57 Å². The highest BCUT2D eigenvalue weighted by molar-refractivity contribution is 6.11. The molecule has 1 aliphatic heterocycles. The SMILES string of the molecule is CC(C)(C)c1ccnc(-n2c3ccc(Oc4cccc(N5CN(c6ccccc6)c6ccccc65)c4)cc3c3cc(-c4ccccc4)ccc32)c1. The molecule has 5 heteroatoms. The average Bonchev–Trinajstić information content (AvgIpc) is 3.71. The number of anilines is 4. The van der Waals surface area contributed by atoms with Crippen molar-refractivity contribution in [1.29, 1.82) is 0 Å². The lowest BCUT2D eigenvalue weighted by Gasteiger charge is -2.22. The number of pyridine rings is 1. The average molecular weight is 663 g/mol. The van der Waals surface area contributed by atoms with Crippen molar-refractivity contribution in [2.75, 3.05) is 16.5 Å². The zero-order chi connectivity index (χ0) is 34.5. The Balaban J connectivity index is 1.11. The molecule has 248 valence electrons. The molecule has 8 aromatic rings. The van der Waals surface area contributed by atoms with Crippen LogP contribution in [0.4, 0.5) is 22.7 Å². The lowest BCUT2D eigenvalue weighted by molar-refractivity contribution is 0.483. The molecule has 0 fully saturated rings. The van der Waals surface area contributed by atoms with E-state index in [0.717, 1.165) is 44.8 Å². The third-order valence-corrected chi connectivity index (χ3v) is 9.86. The summed E-state index contributed by atoms with van der Waals surface area (Å²) in [5.41, 5.74) is 10.4. The molecule has 0 N–H and O–H groups in total. The van der Waals surface area contributed by atoms with Crippen LogP contribution >= 0.6 is 0 Å². The van der Waals surface area contributed by atoms with Crippen LogP contribution < -0.4 is 14.5 Å². The first-order chi connectivity index (χ1) is 24.9. The van der Waals surface area contributed by atoms with Crippen LogP contribution in [0.25, 0.3) is 38.8 Å². The molecular weight excluding hydrogens is 625 g/mol. The Kier molecular flexibility index (Phi) is 7.36. The van der Waals surface area contributed by atoms with Gasteiger partial charge in [-0.2, -0.15) is 0 Å². The molecular formula is C46H38N4O. The molecule has 0 bridgehead atoms. The summed E-state index contributed by atoms with van der Waals surface area (Å²) in [5.74, 6) is 2.48. The predicted octanol–water partition coefficient (Wildman–Crippen LogP) is 12.2. The molecule has 0 spiro atoms. The molecule has 51 heavy (non-hydrogen) atoms. The molecule has 2 aromatic heterocycles. The minimum absolute atomic E-state index is 0.00343. The van der Waals surface area contributed by atoms with Crippen molar-refractivity contribution in [3.05, 3.63) is 169 Å². The number of hydrogen-bond donors (Lipinski definition) is 0. The lowest BCUT2D eigenvalue weighted by atomic mass is 9.88. The van der Waals surface area contributed by atoms with Gasteiger partial charge in [-0.05, 0) is 101 Å². The van der Waals surface area contributed by atoms with Gasteiger partial charge in [0.25, 0.3) is 0 Å². The first-order valence-electron chi connectivity index (χ1n) is 17.5. The van der Waals surface area contributed by atoms with Crippen molar-refractivity contribution >= 4 is 44.6 Å². The van der Waals surface area contributed by atoms with E-state index in [1.165, 1.54) is 33.8 Å². The number of aromatic nitrogens is 2. The number of para-hydroxylation sites is 3. The Labute approximate surface area is 298 Å². The van der Waals surface area contributed by atoms with Gasteiger partial charge >= 0.3 is 0 Å². The molecule has 5 nitrogen and oxygen atoms in total. The highest BCUT2D eigenvalue weighted by Gasteiger charge is 2.28. The molecule has 0 aliphatic carbocycles. The summed E-state index contributed by atoms with van der Waals surface area (Å²) in [5, 5.41) is 2.27. The van der Waals surface area contributed by atoms with Crippen LogP contribution in [0.5, 0.6) is 11.5 Å². The van der Waals surface area contributed by atoms with E-state index in [1.807, 2.05) is 12.3 Å². The van der Waals surface area contributed by atoms with Gasteiger partial charge in [0.2, 0.25) is 0 Å². The zero-order valence-corrected chi connectivity index (χ0v) is 29.0. The molecule has 0 unspecified atom stereocenters. The Bertz CT molecular complexity index is 2530. The number of ether oxygens (including phenoxy) is 1. The van der Waals surface area contributed by atoms with E-state index < -0.39 is 0 Å². The lowest BCUT2D eigenvalue weighted by Crippen LogP contribution is -2.23. The van der Waals surface area contributed by atoms with Crippen LogP contribution in [0, 0.1) is 0 Å². The van der Waals surface area contributed by atoms with Crippen LogP contribution in [0.15, 0.2) is 164 Å². The van der Waals surface area contributed by atoms with Crippen LogP contribution in [-0.4, -0.2) is 16.2 Å². The molecule has 6 aromatic carbocycles. The molecule has 0 radical (unpaired) electrons. The number of nitrogens with zero attached hydrogens (tertiary/aromatic N) is 4. The van der Waals surface area contributed by atoms with Crippen molar-refractivity contribution in [2.24, 2.45) is 0 Å². The van der Waals surface area contributed by atoms with Gasteiger partial charge in [-0.1, -0.05) is 93.6 Å². The topological polar surface area (TPSA) is 33.5 Å². The Hall–Kier alpha value is -6.33. The van der Waals surface area contributed by atoms with E-state index in [9.17, 15) is 0 Å². The van der Waals surface area contributed by atoms with Gasteiger partial charge in [0.1, 0.15) is 24.0 Å². The van der Waals surface area contributed by atoms with Crippen LogP contribution in [0.2, 0.25) is 0 Å². The van der Waals surface area contributed by atoms with Gasteiger partial charge in [0.15, 0.2) is 0 Å². The van der Waals surface area contributed by atoms with Gasteiger partial charge in [-0.25, -0.2) is 4.98 Å². The highest BCUT2D eigenvalue weighted by Crippen LogP contribution is 2.45. The molecule has 1 aliphatic rings. The maximum absolute atomic E-state index is 6.66. The Morgan fingerprint density at radius 2 is 1.16 bits per heavy atom. The second-order valence-electron chi connectivity index (χ2n) is 14.2. The van der Waals surface area contributed by atoms with Gasteiger partial charge in [-0.15, -0.1) is 0 Å². The van der Waals surface area contributed by atoms with E-state index in [0.29, 0.717) is 6.67 Å². The number of hydrogen-bond acceptors (Lipinski definition) is 4. The molecule has 0 saturated carbocycles. The third-order valence-electron chi connectivity index (χ3n) is 9.86. The van der Waals surface area contributed by atoms with Crippen LogP contribution in [0.3, 0.4) is 0 Å². The fraction of sp³-hybridized carbons (Fsp3) is 0.109. The molecule has 0 atom stereocenters. The largest absolute Gasteiger partial charge is 0.457 e. The van der Waals surface area contributed by atoms with Crippen molar-refractivity contribution < 1.29 is 4.74 Å². The zero-order valence-electron chi connectivity index (χ0n) is 29.0. The Morgan fingerprint density at radius 1 is 0.529 bits per heavy atom. The fourth-order valence-electron chi connectivity index (χ4n) is 7.24. The first kappa shape index (κ1) is 30.7. The smallest absolute Gasteiger partial charge is 0.137 e. The van der Waals surface area contributed by atoms with Gasteiger partial charge < -0.3 is 14.5 Å². The maximum Gasteiger partial charge on any atom is 0.137 e. The van der Waals surface area contributed by atoms with Crippen molar-refractivity contribution in [1.82, 2.24) is 9.55 Å². The summed E-state index contributed by atoms with van der Waals surface area (Å²) in [6.45, 7) is 7.44. The highest BCUT2D eigenvalue weighted by atomic mass is 16.5. The quantitative estimate of drug-likeness (QED) is 0.177. The number of benzene rings is 6. The molecule has 9 rings (SSSR count). The van der Waals surface area contributed by atoms with Gasteiger partial charge in [0.05, 0.1) is 22.4 Å². The maximum atomic E-state index is 6.66. The summed E-state index contributed by atoms with van der Waals surface area (Å²) < 4.78 is 8.94. The van der Waals surface area contributed by atoms with E-state index in [1.54, 1.807) is 0 Å². The summed E-state index contributed by atoms with van der Waals surface area (Å²) in [4.78, 5) is 9.57. The molecule has 0 amide bonds. The first-order valence-corrected chi connectivity index (χ1v) is 17.5. The predicted molar refractivity (Wildman–Crippen MR) is 211 cm³/mol. The van der Waals surface area contributed by atoms with Crippen molar-refractivity contribution in [3.63, 3.8) is 0 Å². The summed E-state index contributed by atoms with van der Waals surface area (Å²) in [6, 6.07) is 55.5. The minimum Gasteiger partial charge on any atom is -0.457 e. The van der Waals surface area contributed by atoms with Crippen LogP contribution in [-0.2, 0) is 5.41 Å². The third kappa shape index (κ3) is 5.57.